The SMILES string of the molecule is COc1cc(CN2CCCC2=O)cc(OC)c1OC. The van der Waals surface area contributed by atoms with Crippen LogP contribution in [0.5, 0.6) is 17.2 Å². The van der Waals surface area contributed by atoms with Crippen LogP contribution in [0.2, 0.25) is 0 Å². The van der Waals surface area contributed by atoms with Crippen molar-refractivity contribution in [2.24, 2.45) is 0 Å². The maximum absolute atomic E-state index is 11.6. The predicted molar refractivity (Wildman–Crippen MR) is 70.7 cm³/mol. The van der Waals surface area contributed by atoms with Crippen LogP contribution in [0.1, 0.15) is 18.4 Å². The summed E-state index contributed by atoms with van der Waals surface area (Å²) in [5.74, 6) is 2.00. The highest BCUT2D eigenvalue weighted by Gasteiger charge is 2.21. The van der Waals surface area contributed by atoms with Gasteiger partial charge in [0.25, 0.3) is 0 Å². The van der Waals surface area contributed by atoms with Gasteiger partial charge >= 0.3 is 0 Å². The maximum atomic E-state index is 11.6. The van der Waals surface area contributed by atoms with Gasteiger partial charge < -0.3 is 19.1 Å². The van der Waals surface area contributed by atoms with Gasteiger partial charge in [0.2, 0.25) is 11.7 Å². The van der Waals surface area contributed by atoms with Crippen LogP contribution in [-0.4, -0.2) is 38.7 Å². The number of amides is 1. The van der Waals surface area contributed by atoms with Crippen molar-refractivity contribution in [3.8, 4) is 17.2 Å². The number of hydrogen-bond acceptors (Lipinski definition) is 4. The molecule has 0 bridgehead atoms. The fourth-order valence-electron chi connectivity index (χ4n) is 2.32. The fourth-order valence-corrected chi connectivity index (χ4v) is 2.32. The van der Waals surface area contributed by atoms with Crippen molar-refractivity contribution < 1.29 is 19.0 Å². The number of likely N-dealkylation sites (tertiary alicyclic amines) is 1. The number of benzene rings is 1. The number of methoxy groups -OCH3 is 3. The molecule has 1 aliphatic rings. The van der Waals surface area contributed by atoms with Gasteiger partial charge in [0.1, 0.15) is 0 Å². The molecular formula is C14H19NO4. The molecular weight excluding hydrogens is 246 g/mol. The zero-order chi connectivity index (χ0) is 13.8. The molecule has 2 rings (SSSR count). The molecule has 0 aromatic heterocycles. The normalized spacial score (nSPS) is 14.7. The van der Waals surface area contributed by atoms with E-state index in [9.17, 15) is 4.79 Å². The number of rotatable bonds is 5. The van der Waals surface area contributed by atoms with Crippen LogP contribution >= 0.6 is 0 Å². The lowest BCUT2D eigenvalue weighted by molar-refractivity contribution is -0.128. The lowest BCUT2D eigenvalue weighted by Gasteiger charge is -2.18. The summed E-state index contributed by atoms with van der Waals surface area (Å²) in [4.78, 5) is 13.5. The molecule has 0 unspecified atom stereocenters. The van der Waals surface area contributed by atoms with E-state index in [1.165, 1.54) is 0 Å². The lowest BCUT2D eigenvalue weighted by atomic mass is 10.1. The average Bonchev–Trinajstić information content (AvgIpc) is 2.83. The van der Waals surface area contributed by atoms with Crippen LogP contribution in [0.25, 0.3) is 0 Å². The fraction of sp³-hybridized carbons (Fsp3) is 0.500. The van der Waals surface area contributed by atoms with E-state index in [1.807, 2.05) is 17.0 Å². The molecule has 1 heterocycles. The standard InChI is InChI=1S/C14H19NO4/c1-17-11-7-10(8-12(18-2)14(11)19-3)9-15-6-4-5-13(15)16/h7-8H,4-6,9H2,1-3H3. The van der Waals surface area contributed by atoms with Crippen molar-refractivity contribution in [1.82, 2.24) is 4.90 Å². The molecule has 0 spiro atoms. The summed E-state index contributed by atoms with van der Waals surface area (Å²) >= 11 is 0. The first kappa shape index (κ1) is 13.5. The Morgan fingerprint density at radius 2 is 1.74 bits per heavy atom. The highest BCUT2D eigenvalue weighted by Crippen LogP contribution is 2.38. The minimum Gasteiger partial charge on any atom is -0.493 e. The van der Waals surface area contributed by atoms with Crippen LogP contribution in [0, 0.1) is 0 Å². The van der Waals surface area contributed by atoms with Gasteiger partial charge in [-0.15, -0.1) is 0 Å². The van der Waals surface area contributed by atoms with Gasteiger partial charge in [-0.25, -0.2) is 0 Å². The lowest BCUT2D eigenvalue weighted by Crippen LogP contribution is -2.23. The summed E-state index contributed by atoms with van der Waals surface area (Å²) in [6.07, 6.45) is 1.58. The number of carbonyl (C=O) groups is 1. The summed E-state index contributed by atoms with van der Waals surface area (Å²) in [5, 5.41) is 0. The third-order valence-electron chi connectivity index (χ3n) is 3.27. The smallest absolute Gasteiger partial charge is 0.222 e. The summed E-state index contributed by atoms with van der Waals surface area (Å²) in [6.45, 7) is 1.39. The average molecular weight is 265 g/mol. The van der Waals surface area contributed by atoms with Crippen molar-refractivity contribution in [3.05, 3.63) is 17.7 Å². The molecule has 0 aliphatic carbocycles. The van der Waals surface area contributed by atoms with E-state index in [2.05, 4.69) is 0 Å². The highest BCUT2D eigenvalue weighted by molar-refractivity contribution is 5.78. The predicted octanol–water partition coefficient (Wildman–Crippen LogP) is 1.83. The summed E-state index contributed by atoms with van der Waals surface area (Å²) in [5.41, 5.74) is 0.977. The van der Waals surface area contributed by atoms with Crippen LogP contribution in [-0.2, 0) is 11.3 Å². The Balaban J connectivity index is 2.28. The molecule has 1 amide bonds. The van der Waals surface area contributed by atoms with E-state index >= 15 is 0 Å². The topological polar surface area (TPSA) is 48.0 Å². The minimum absolute atomic E-state index is 0.203. The largest absolute Gasteiger partial charge is 0.493 e. The Hall–Kier alpha value is -1.91. The second kappa shape index (κ2) is 5.82. The summed E-state index contributed by atoms with van der Waals surface area (Å²) in [6, 6.07) is 3.76. The Bertz CT molecular complexity index is 448. The Kier molecular flexibility index (Phi) is 4.14. The quantitative estimate of drug-likeness (QED) is 0.815. The number of nitrogens with zero attached hydrogens (tertiary/aromatic N) is 1. The van der Waals surface area contributed by atoms with Crippen LogP contribution < -0.4 is 14.2 Å². The van der Waals surface area contributed by atoms with Crippen LogP contribution in [0.3, 0.4) is 0 Å². The van der Waals surface area contributed by atoms with Crippen LogP contribution in [0.15, 0.2) is 12.1 Å². The first-order valence-electron chi connectivity index (χ1n) is 6.26. The maximum Gasteiger partial charge on any atom is 0.222 e. The highest BCUT2D eigenvalue weighted by atomic mass is 16.5. The monoisotopic (exact) mass is 265 g/mol. The van der Waals surface area contributed by atoms with E-state index in [0.29, 0.717) is 30.2 Å². The van der Waals surface area contributed by atoms with Crippen molar-refractivity contribution in [1.29, 1.82) is 0 Å². The van der Waals surface area contributed by atoms with E-state index in [-0.39, 0.29) is 5.91 Å². The molecule has 104 valence electrons. The molecule has 19 heavy (non-hydrogen) atoms. The molecule has 1 aliphatic heterocycles. The molecule has 0 radical (unpaired) electrons. The van der Waals surface area contributed by atoms with Gasteiger partial charge in [0.15, 0.2) is 11.5 Å². The van der Waals surface area contributed by atoms with Gasteiger partial charge in [-0.05, 0) is 24.1 Å². The van der Waals surface area contributed by atoms with Gasteiger partial charge in [-0.2, -0.15) is 0 Å². The molecule has 0 atom stereocenters. The van der Waals surface area contributed by atoms with E-state index in [4.69, 9.17) is 14.2 Å². The van der Waals surface area contributed by atoms with E-state index in [0.717, 1.165) is 18.5 Å². The molecule has 1 saturated heterocycles. The zero-order valence-corrected chi connectivity index (χ0v) is 11.6. The third-order valence-corrected chi connectivity index (χ3v) is 3.27. The number of hydrogen-bond donors (Lipinski definition) is 0. The van der Waals surface area contributed by atoms with Crippen molar-refractivity contribution in [2.45, 2.75) is 19.4 Å². The third kappa shape index (κ3) is 2.75. The van der Waals surface area contributed by atoms with E-state index in [1.54, 1.807) is 21.3 Å². The zero-order valence-electron chi connectivity index (χ0n) is 11.6. The van der Waals surface area contributed by atoms with Gasteiger partial charge in [0, 0.05) is 19.5 Å². The first-order chi connectivity index (χ1) is 9.19. The van der Waals surface area contributed by atoms with Crippen molar-refractivity contribution in [3.63, 3.8) is 0 Å². The first-order valence-corrected chi connectivity index (χ1v) is 6.26. The van der Waals surface area contributed by atoms with Gasteiger partial charge in [-0.1, -0.05) is 0 Å². The Morgan fingerprint density at radius 1 is 1.11 bits per heavy atom. The number of carbonyl (C=O) groups excluding carboxylic acids is 1. The molecule has 5 heteroatoms. The second-order valence-electron chi connectivity index (χ2n) is 4.45. The molecule has 1 aromatic carbocycles. The van der Waals surface area contributed by atoms with E-state index < -0.39 is 0 Å². The molecule has 1 fully saturated rings. The molecule has 5 nitrogen and oxygen atoms in total. The number of ether oxygens (including phenoxy) is 3. The van der Waals surface area contributed by atoms with Crippen molar-refractivity contribution in [2.75, 3.05) is 27.9 Å². The van der Waals surface area contributed by atoms with Gasteiger partial charge in [-0.3, -0.25) is 4.79 Å². The molecule has 0 saturated carbocycles. The summed E-state index contributed by atoms with van der Waals surface area (Å²) in [7, 11) is 4.74. The van der Waals surface area contributed by atoms with Crippen molar-refractivity contribution >= 4 is 5.91 Å². The minimum atomic E-state index is 0.203. The van der Waals surface area contributed by atoms with Gasteiger partial charge in [0.05, 0.1) is 21.3 Å². The Morgan fingerprint density at radius 3 is 2.16 bits per heavy atom. The van der Waals surface area contributed by atoms with Crippen LogP contribution in [0.4, 0.5) is 0 Å². The second-order valence-corrected chi connectivity index (χ2v) is 4.45. The molecule has 0 N–H and O–H groups in total. The summed E-state index contributed by atoms with van der Waals surface area (Å²) < 4.78 is 15.9. The molecule has 1 aromatic rings. The Labute approximate surface area is 113 Å².